The highest BCUT2D eigenvalue weighted by atomic mass is 35.6. The zero-order chi connectivity index (χ0) is 19.2. The molecule has 0 spiro atoms. The molecule has 11 heteroatoms. The van der Waals surface area contributed by atoms with E-state index in [-0.39, 0.29) is 5.82 Å². The van der Waals surface area contributed by atoms with Crippen LogP contribution in [-0.4, -0.2) is 25.6 Å². The number of hydrazone groups is 1. The number of aromatic nitrogens is 4. The summed E-state index contributed by atoms with van der Waals surface area (Å²) in [5, 5.41) is 7.27. The summed E-state index contributed by atoms with van der Waals surface area (Å²) < 4.78 is 0.0873. The summed E-state index contributed by atoms with van der Waals surface area (Å²) in [6.07, 6.45) is 3.43. The topological polar surface area (TPSA) is 67.5 Å². The van der Waals surface area contributed by atoms with Crippen molar-refractivity contribution in [2.75, 3.05) is 5.43 Å². The molecular weight excluding hydrogens is 450 g/mol. The average molecular weight is 460 g/mol. The Balaban J connectivity index is 1.75. The number of halogens is 4. The molecule has 6 nitrogen and oxygen atoms in total. The van der Waals surface area contributed by atoms with E-state index in [0.29, 0.717) is 22.2 Å². The Kier molecular flexibility index (Phi) is 4.90. The molecule has 0 amide bonds. The quantitative estimate of drug-likeness (QED) is 0.247. The first-order valence-corrected chi connectivity index (χ1v) is 9.98. The summed E-state index contributed by atoms with van der Waals surface area (Å²) >= 11 is 25.5. The first-order valence-electron chi connectivity index (χ1n) is 7.58. The number of nitrogens with one attached hydrogen (secondary N) is 1. The summed E-state index contributed by atoms with van der Waals surface area (Å²) in [5.74, 6) is 0.479. The summed E-state index contributed by atoms with van der Waals surface area (Å²) in [6.45, 7) is 1.97. The predicted octanol–water partition coefficient (Wildman–Crippen LogP) is 5.57. The largest absolute Gasteiger partial charge is 0.288 e. The van der Waals surface area contributed by atoms with Crippen molar-refractivity contribution >= 4 is 85.6 Å². The standard InChI is InChI=1S/C16H10Cl4N6S/c1-8-2-3-10-9(6-8)13(24-14(22-10)16(18,19)20)25-21-7-11-12(17)23-15-26(11)4-5-27-15/h2-7H,1H3,(H,22,24,25)/b21-7-. The first-order chi connectivity index (χ1) is 12.8. The molecule has 0 aliphatic carbocycles. The van der Waals surface area contributed by atoms with Crippen LogP contribution in [0, 0.1) is 6.92 Å². The molecule has 138 valence electrons. The molecule has 0 radical (unpaired) electrons. The number of benzene rings is 1. The van der Waals surface area contributed by atoms with E-state index < -0.39 is 3.79 Å². The van der Waals surface area contributed by atoms with E-state index >= 15 is 0 Å². The van der Waals surface area contributed by atoms with Crippen molar-refractivity contribution in [3.8, 4) is 0 Å². The van der Waals surface area contributed by atoms with Crippen LogP contribution in [0.5, 0.6) is 0 Å². The number of alkyl halides is 3. The van der Waals surface area contributed by atoms with E-state index in [1.807, 2.05) is 41.1 Å². The normalized spacial score (nSPS) is 12.5. The third-order valence-electron chi connectivity index (χ3n) is 3.72. The second-order valence-corrected chi connectivity index (χ2v) is 9.14. The Hall–Kier alpha value is -1.64. The average Bonchev–Trinajstić information content (AvgIpc) is 3.16. The van der Waals surface area contributed by atoms with Gasteiger partial charge >= 0.3 is 0 Å². The maximum Gasteiger partial charge on any atom is 0.250 e. The fourth-order valence-corrected chi connectivity index (χ4v) is 3.75. The Morgan fingerprint density at radius 1 is 1.22 bits per heavy atom. The Bertz CT molecular complexity index is 1180. The van der Waals surface area contributed by atoms with Crippen LogP contribution in [0.25, 0.3) is 15.9 Å². The lowest BCUT2D eigenvalue weighted by atomic mass is 10.1. The molecule has 0 aliphatic rings. The van der Waals surface area contributed by atoms with E-state index in [4.69, 9.17) is 46.4 Å². The van der Waals surface area contributed by atoms with Crippen LogP contribution in [0.15, 0.2) is 34.9 Å². The maximum absolute atomic E-state index is 6.17. The van der Waals surface area contributed by atoms with Crippen molar-refractivity contribution in [2.45, 2.75) is 10.7 Å². The highest BCUT2D eigenvalue weighted by Crippen LogP contribution is 2.37. The van der Waals surface area contributed by atoms with Crippen LogP contribution in [-0.2, 0) is 3.79 Å². The number of thiazole rings is 1. The Morgan fingerprint density at radius 3 is 2.81 bits per heavy atom. The number of nitrogens with zero attached hydrogens (tertiary/aromatic N) is 5. The first kappa shape index (κ1) is 18.7. The van der Waals surface area contributed by atoms with Crippen LogP contribution in [0.1, 0.15) is 17.1 Å². The number of aryl methyl sites for hydroxylation is 1. The lowest BCUT2D eigenvalue weighted by Crippen LogP contribution is -2.09. The Morgan fingerprint density at radius 2 is 2.04 bits per heavy atom. The maximum atomic E-state index is 6.17. The van der Waals surface area contributed by atoms with Gasteiger partial charge in [0.2, 0.25) is 3.79 Å². The van der Waals surface area contributed by atoms with Gasteiger partial charge in [-0.2, -0.15) is 5.10 Å². The van der Waals surface area contributed by atoms with Gasteiger partial charge in [-0.15, -0.1) is 11.3 Å². The molecule has 4 aromatic rings. The molecule has 0 fully saturated rings. The summed E-state index contributed by atoms with van der Waals surface area (Å²) in [5.41, 5.74) is 5.22. The molecule has 3 heterocycles. The number of hydrogen-bond donors (Lipinski definition) is 1. The fourth-order valence-electron chi connectivity index (χ4n) is 2.50. The monoisotopic (exact) mass is 458 g/mol. The molecule has 3 aromatic heterocycles. The SMILES string of the molecule is Cc1ccc2nc(C(Cl)(Cl)Cl)nc(N/N=C\c3c(Cl)nc4sccn34)c2c1. The van der Waals surface area contributed by atoms with Gasteiger partial charge in [-0.1, -0.05) is 58.0 Å². The lowest BCUT2D eigenvalue weighted by Gasteiger charge is -2.13. The van der Waals surface area contributed by atoms with E-state index in [0.717, 1.165) is 15.9 Å². The van der Waals surface area contributed by atoms with Crippen molar-refractivity contribution in [3.05, 3.63) is 52.0 Å². The number of imidazole rings is 1. The molecule has 1 aromatic carbocycles. The van der Waals surface area contributed by atoms with Gasteiger partial charge in [-0.25, -0.2) is 15.0 Å². The number of anilines is 1. The van der Waals surface area contributed by atoms with E-state index in [2.05, 4.69) is 25.5 Å². The summed E-state index contributed by atoms with van der Waals surface area (Å²) in [4.78, 5) is 13.7. The molecular formula is C16H10Cl4N6S. The zero-order valence-electron chi connectivity index (χ0n) is 13.6. The summed E-state index contributed by atoms with van der Waals surface area (Å²) in [6, 6.07) is 5.69. The molecule has 4 rings (SSSR count). The highest BCUT2D eigenvalue weighted by molar-refractivity contribution is 7.15. The second kappa shape index (κ2) is 7.07. The van der Waals surface area contributed by atoms with Crippen molar-refractivity contribution in [1.29, 1.82) is 0 Å². The molecule has 0 saturated heterocycles. The molecule has 1 N–H and O–H groups in total. The van der Waals surface area contributed by atoms with Gasteiger partial charge in [-0.3, -0.25) is 9.83 Å². The summed E-state index contributed by atoms with van der Waals surface area (Å²) in [7, 11) is 0. The molecule has 0 unspecified atom stereocenters. The fraction of sp³-hybridized carbons (Fsp3) is 0.125. The predicted molar refractivity (Wildman–Crippen MR) is 113 cm³/mol. The van der Waals surface area contributed by atoms with Crippen LogP contribution in [0.4, 0.5) is 5.82 Å². The van der Waals surface area contributed by atoms with Gasteiger partial charge < -0.3 is 0 Å². The van der Waals surface area contributed by atoms with Gasteiger partial charge in [0, 0.05) is 17.0 Å². The minimum atomic E-state index is -1.75. The van der Waals surface area contributed by atoms with E-state index in [1.54, 1.807) is 6.21 Å². The lowest BCUT2D eigenvalue weighted by molar-refractivity contribution is 0.992. The van der Waals surface area contributed by atoms with Gasteiger partial charge in [-0.05, 0) is 19.1 Å². The zero-order valence-corrected chi connectivity index (χ0v) is 17.5. The van der Waals surface area contributed by atoms with Gasteiger partial charge in [0.05, 0.1) is 11.7 Å². The number of fused-ring (bicyclic) bond motifs is 2. The van der Waals surface area contributed by atoms with Gasteiger partial charge in [0.15, 0.2) is 21.8 Å². The van der Waals surface area contributed by atoms with Gasteiger partial charge in [0.25, 0.3) is 0 Å². The van der Waals surface area contributed by atoms with E-state index in [1.165, 1.54) is 11.3 Å². The van der Waals surface area contributed by atoms with Gasteiger partial charge in [0.1, 0.15) is 5.69 Å². The van der Waals surface area contributed by atoms with Crippen LogP contribution >= 0.6 is 57.7 Å². The smallest absolute Gasteiger partial charge is 0.250 e. The van der Waals surface area contributed by atoms with Crippen molar-refractivity contribution in [2.24, 2.45) is 5.10 Å². The molecule has 0 bridgehead atoms. The van der Waals surface area contributed by atoms with Crippen molar-refractivity contribution in [1.82, 2.24) is 19.4 Å². The van der Waals surface area contributed by atoms with Crippen molar-refractivity contribution in [3.63, 3.8) is 0 Å². The van der Waals surface area contributed by atoms with Crippen LogP contribution in [0.2, 0.25) is 5.15 Å². The number of hydrogen-bond acceptors (Lipinski definition) is 6. The van der Waals surface area contributed by atoms with E-state index in [9.17, 15) is 0 Å². The third kappa shape index (κ3) is 3.70. The van der Waals surface area contributed by atoms with Crippen molar-refractivity contribution < 1.29 is 0 Å². The highest BCUT2D eigenvalue weighted by Gasteiger charge is 2.28. The molecule has 27 heavy (non-hydrogen) atoms. The molecule has 0 aliphatic heterocycles. The third-order valence-corrected chi connectivity index (χ3v) is 5.26. The number of rotatable bonds is 3. The minimum Gasteiger partial charge on any atom is -0.288 e. The van der Waals surface area contributed by atoms with Crippen LogP contribution in [0.3, 0.4) is 0 Å². The molecule has 0 saturated carbocycles. The Labute approximate surface area is 177 Å². The second-order valence-electron chi connectivity index (χ2n) is 5.63. The minimum absolute atomic E-state index is 0.0594. The molecule has 0 atom stereocenters. The van der Waals surface area contributed by atoms with Crippen LogP contribution < -0.4 is 5.43 Å².